The van der Waals surface area contributed by atoms with E-state index in [-0.39, 0.29) is 29.0 Å². The van der Waals surface area contributed by atoms with Crippen molar-refractivity contribution in [2.24, 2.45) is 28.6 Å². The Bertz CT molecular complexity index is 779. The summed E-state index contributed by atoms with van der Waals surface area (Å²) in [6, 6.07) is 0. The van der Waals surface area contributed by atoms with Crippen LogP contribution >= 0.6 is 0 Å². The minimum Gasteiger partial charge on any atom is -0.393 e. The number of hydrogen-bond acceptors (Lipinski definition) is 3. The van der Waals surface area contributed by atoms with Crippen LogP contribution in [0.3, 0.4) is 0 Å². The first kappa shape index (κ1) is 16.8. The molecule has 4 aliphatic carbocycles. The summed E-state index contributed by atoms with van der Waals surface area (Å²) in [6.07, 6.45) is 11.1. The SMILES string of the molecule is CC#C[C@@]1(O)CC[C@H]2[C@@H]3C=CC4=CC(=O)C=C[C@@]4(C)[C@H]3[C@@H](O)C[C@]21C. The maximum Gasteiger partial charge on any atom is 0.178 e. The molecule has 0 unspecified atom stereocenters. The molecule has 0 saturated heterocycles. The van der Waals surface area contributed by atoms with Gasteiger partial charge in [0.1, 0.15) is 5.60 Å². The van der Waals surface area contributed by atoms with Crippen LogP contribution in [0.4, 0.5) is 0 Å². The first-order valence-electron chi connectivity index (χ1n) is 9.23. The average Bonchev–Trinajstić information content (AvgIpc) is 2.79. The van der Waals surface area contributed by atoms with Crippen LogP contribution in [0.15, 0.2) is 36.0 Å². The summed E-state index contributed by atoms with van der Waals surface area (Å²) in [4.78, 5) is 11.8. The van der Waals surface area contributed by atoms with Crippen molar-refractivity contribution in [2.75, 3.05) is 0 Å². The fourth-order valence-electron chi connectivity index (χ4n) is 6.20. The zero-order valence-corrected chi connectivity index (χ0v) is 15.1. The lowest BCUT2D eigenvalue weighted by Gasteiger charge is -2.57. The zero-order valence-electron chi connectivity index (χ0n) is 15.1. The molecular weight excluding hydrogens is 312 g/mol. The average molecular weight is 338 g/mol. The van der Waals surface area contributed by atoms with Crippen molar-refractivity contribution in [3.8, 4) is 11.8 Å². The quantitative estimate of drug-likeness (QED) is 0.668. The van der Waals surface area contributed by atoms with E-state index >= 15 is 0 Å². The van der Waals surface area contributed by atoms with E-state index in [0.29, 0.717) is 12.8 Å². The third kappa shape index (κ3) is 2.05. The smallest absolute Gasteiger partial charge is 0.178 e. The van der Waals surface area contributed by atoms with Crippen molar-refractivity contribution in [1.82, 2.24) is 0 Å². The van der Waals surface area contributed by atoms with Crippen LogP contribution < -0.4 is 0 Å². The van der Waals surface area contributed by atoms with Crippen molar-refractivity contribution in [2.45, 2.75) is 51.7 Å². The van der Waals surface area contributed by atoms with E-state index in [1.165, 1.54) is 0 Å². The van der Waals surface area contributed by atoms with E-state index in [1.807, 2.05) is 6.08 Å². The van der Waals surface area contributed by atoms with Gasteiger partial charge in [-0.3, -0.25) is 4.79 Å². The second-order valence-corrected chi connectivity index (χ2v) is 8.65. The highest BCUT2D eigenvalue weighted by molar-refractivity contribution is 6.01. The topological polar surface area (TPSA) is 57.5 Å². The lowest BCUT2D eigenvalue weighted by molar-refractivity contribution is -0.129. The van der Waals surface area contributed by atoms with E-state index in [0.717, 1.165) is 12.0 Å². The number of hydrogen-bond donors (Lipinski definition) is 2. The molecule has 0 aromatic rings. The molecule has 7 atom stereocenters. The van der Waals surface area contributed by atoms with E-state index in [2.05, 4.69) is 37.8 Å². The minimum absolute atomic E-state index is 0.0131. The maximum atomic E-state index is 11.8. The van der Waals surface area contributed by atoms with E-state index in [9.17, 15) is 15.0 Å². The van der Waals surface area contributed by atoms with Gasteiger partial charge in [0.05, 0.1) is 6.10 Å². The third-order valence-electron chi connectivity index (χ3n) is 7.54. The molecule has 0 amide bonds. The Labute approximate surface area is 149 Å². The Hall–Kier alpha value is -1.63. The van der Waals surface area contributed by atoms with Crippen LogP contribution in [-0.2, 0) is 4.79 Å². The molecule has 0 radical (unpaired) electrons. The molecular formula is C22H26O3. The van der Waals surface area contributed by atoms with Crippen LogP contribution in [-0.4, -0.2) is 27.7 Å². The Balaban J connectivity index is 1.81. The molecule has 0 aliphatic heterocycles. The Morgan fingerprint density at radius 3 is 2.76 bits per heavy atom. The van der Waals surface area contributed by atoms with Gasteiger partial charge in [0, 0.05) is 16.7 Å². The Kier molecular flexibility index (Phi) is 3.49. The van der Waals surface area contributed by atoms with Crippen molar-refractivity contribution in [3.05, 3.63) is 36.0 Å². The van der Waals surface area contributed by atoms with E-state index < -0.39 is 17.1 Å². The van der Waals surface area contributed by atoms with Gasteiger partial charge in [-0.1, -0.05) is 38.0 Å². The molecule has 2 N–H and O–H groups in total. The van der Waals surface area contributed by atoms with Gasteiger partial charge in [-0.05, 0) is 55.7 Å². The highest BCUT2D eigenvalue weighted by Gasteiger charge is 2.65. The first-order chi connectivity index (χ1) is 11.7. The van der Waals surface area contributed by atoms with E-state index in [1.54, 1.807) is 19.1 Å². The number of ketones is 1. The molecule has 0 bridgehead atoms. The summed E-state index contributed by atoms with van der Waals surface area (Å²) < 4.78 is 0. The highest BCUT2D eigenvalue weighted by Crippen LogP contribution is 2.65. The second-order valence-electron chi connectivity index (χ2n) is 8.65. The lowest BCUT2D eigenvalue weighted by Crippen LogP contribution is -2.58. The molecule has 0 aromatic carbocycles. The van der Waals surface area contributed by atoms with Crippen LogP contribution in [0.25, 0.3) is 0 Å². The summed E-state index contributed by atoms with van der Waals surface area (Å²) in [5.41, 5.74) is -0.773. The van der Waals surface area contributed by atoms with Gasteiger partial charge in [0.25, 0.3) is 0 Å². The monoisotopic (exact) mass is 338 g/mol. The summed E-state index contributed by atoms with van der Waals surface area (Å²) in [5.74, 6) is 6.45. The van der Waals surface area contributed by atoms with Gasteiger partial charge >= 0.3 is 0 Å². The molecule has 4 rings (SSSR count). The van der Waals surface area contributed by atoms with Crippen molar-refractivity contribution in [1.29, 1.82) is 0 Å². The largest absolute Gasteiger partial charge is 0.393 e. The van der Waals surface area contributed by atoms with Crippen LogP contribution in [0.1, 0.15) is 40.0 Å². The third-order valence-corrected chi connectivity index (χ3v) is 7.54. The molecule has 4 aliphatic rings. The number of carbonyl (C=O) groups excluding carboxylic acids is 1. The van der Waals surface area contributed by atoms with Gasteiger partial charge in [-0.15, -0.1) is 5.92 Å². The fourth-order valence-corrected chi connectivity index (χ4v) is 6.20. The fraction of sp³-hybridized carbons (Fsp3) is 0.591. The number of aliphatic hydroxyl groups excluding tert-OH is 1. The Morgan fingerprint density at radius 2 is 2.04 bits per heavy atom. The molecule has 25 heavy (non-hydrogen) atoms. The number of carbonyl (C=O) groups is 1. The molecule has 2 fully saturated rings. The van der Waals surface area contributed by atoms with Gasteiger partial charge in [0.15, 0.2) is 5.78 Å². The standard InChI is InChI=1S/C22H26O3/c1-4-9-22(25)11-8-17-16-6-5-14-12-15(23)7-10-20(14,2)19(16)18(24)13-21(17,22)3/h5-7,10,12,16-19,24-25H,8,11,13H2,1-3H3/t16-,17-,18-,19+,20+,21+,22+/m0/s1. The number of fused-ring (bicyclic) bond motifs is 5. The lowest BCUT2D eigenvalue weighted by atomic mass is 9.48. The minimum atomic E-state index is -1.03. The van der Waals surface area contributed by atoms with Gasteiger partial charge in [-0.2, -0.15) is 0 Å². The van der Waals surface area contributed by atoms with Crippen LogP contribution in [0.5, 0.6) is 0 Å². The molecule has 0 aromatic heterocycles. The summed E-state index contributed by atoms with van der Waals surface area (Å²) in [7, 11) is 0. The van der Waals surface area contributed by atoms with Gasteiger partial charge in [0.2, 0.25) is 0 Å². The Morgan fingerprint density at radius 1 is 1.28 bits per heavy atom. The van der Waals surface area contributed by atoms with Crippen LogP contribution in [0.2, 0.25) is 0 Å². The predicted molar refractivity (Wildman–Crippen MR) is 96.3 cm³/mol. The zero-order chi connectivity index (χ0) is 18.0. The number of allylic oxidation sites excluding steroid dienone is 6. The first-order valence-corrected chi connectivity index (χ1v) is 9.23. The maximum absolute atomic E-state index is 11.8. The van der Waals surface area contributed by atoms with Crippen LogP contribution in [0, 0.1) is 40.4 Å². The normalized spacial score (nSPS) is 50.3. The van der Waals surface area contributed by atoms with Crippen molar-refractivity contribution in [3.63, 3.8) is 0 Å². The highest BCUT2D eigenvalue weighted by atomic mass is 16.3. The summed E-state index contributed by atoms with van der Waals surface area (Å²) in [6.45, 7) is 5.98. The van der Waals surface area contributed by atoms with Crippen molar-refractivity contribution >= 4 is 5.78 Å². The molecule has 2 saturated carbocycles. The molecule has 3 heteroatoms. The van der Waals surface area contributed by atoms with Crippen molar-refractivity contribution < 1.29 is 15.0 Å². The van der Waals surface area contributed by atoms with E-state index in [4.69, 9.17) is 0 Å². The molecule has 0 spiro atoms. The molecule has 3 nitrogen and oxygen atoms in total. The summed E-state index contributed by atoms with van der Waals surface area (Å²) >= 11 is 0. The summed E-state index contributed by atoms with van der Waals surface area (Å²) in [5, 5.41) is 22.4. The second kappa shape index (κ2) is 5.19. The molecule has 0 heterocycles. The molecule has 132 valence electrons. The van der Waals surface area contributed by atoms with Gasteiger partial charge < -0.3 is 10.2 Å². The number of rotatable bonds is 0. The predicted octanol–water partition coefficient (Wildman–Crippen LogP) is 2.80. The van der Waals surface area contributed by atoms with Gasteiger partial charge in [-0.25, -0.2) is 0 Å². The number of aliphatic hydroxyl groups is 2.